The Morgan fingerprint density at radius 2 is 2.21 bits per heavy atom. The average molecular weight is 300 g/mol. The van der Waals surface area contributed by atoms with Crippen LogP contribution in [0.5, 0.6) is 0 Å². The summed E-state index contributed by atoms with van der Waals surface area (Å²) in [4.78, 5) is 0. The predicted octanol–water partition coefficient (Wildman–Crippen LogP) is 1.07. The molecule has 0 bridgehead atoms. The molecule has 19 heavy (non-hydrogen) atoms. The summed E-state index contributed by atoms with van der Waals surface area (Å²) >= 11 is 1.67. The van der Waals surface area contributed by atoms with Crippen LogP contribution in [-0.2, 0) is 10.0 Å². The molecule has 104 valence electrons. The fourth-order valence-electron chi connectivity index (χ4n) is 1.83. The monoisotopic (exact) mass is 300 g/mol. The van der Waals surface area contributed by atoms with Crippen molar-refractivity contribution in [2.45, 2.75) is 12.5 Å². The van der Waals surface area contributed by atoms with Gasteiger partial charge in [0.1, 0.15) is 0 Å². The molecule has 0 spiro atoms. The normalized spacial score (nSPS) is 13.8. The maximum atomic E-state index is 11.5. The number of pyridine rings is 1. The van der Waals surface area contributed by atoms with E-state index in [9.17, 15) is 8.42 Å². The van der Waals surface area contributed by atoms with Gasteiger partial charge in [-0.3, -0.25) is 4.40 Å². The number of sulfonamides is 1. The number of hydrogen-bond donors (Lipinski definition) is 1. The van der Waals surface area contributed by atoms with E-state index in [0.29, 0.717) is 17.9 Å². The Hall–Kier alpha value is -1.12. The van der Waals surface area contributed by atoms with Crippen LogP contribution in [0, 0.1) is 0 Å². The Labute approximate surface area is 116 Å². The zero-order valence-corrected chi connectivity index (χ0v) is 12.4. The van der Waals surface area contributed by atoms with Gasteiger partial charge in [-0.2, -0.15) is 11.8 Å². The van der Waals surface area contributed by atoms with Crippen molar-refractivity contribution < 1.29 is 8.42 Å². The molecule has 0 radical (unpaired) electrons. The Kier molecular flexibility index (Phi) is 4.43. The number of hydrogen-bond acceptors (Lipinski definition) is 5. The molecule has 0 saturated heterocycles. The molecule has 2 heterocycles. The van der Waals surface area contributed by atoms with Gasteiger partial charge in [-0.15, -0.1) is 10.2 Å². The number of rotatable bonds is 6. The molecular formula is C11H16N4O2S2. The van der Waals surface area contributed by atoms with Gasteiger partial charge in [-0.25, -0.2) is 13.1 Å². The molecule has 0 amide bonds. The minimum Gasteiger partial charge on any atom is -0.285 e. The summed E-state index contributed by atoms with van der Waals surface area (Å²) in [5.41, 5.74) is 0.710. The van der Waals surface area contributed by atoms with E-state index >= 15 is 0 Å². The van der Waals surface area contributed by atoms with E-state index in [2.05, 4.69) is 14.9 Å². The highest BCUT2D eigenvalue weighted by molar-refractivity contribution is 7.98. The van der Waals surface area contributed by atoms with Gasteiger partial charge in [0.2, 0.25) is 10.0 Å². The molecule has 0 fully saturated rings. The number of fused-ring (bicyclic) bond motifs is 1. The van der Waals surface area contributed by atoms with E-state index in [0.717, 1.165) is 12.0 Å². The lowest BCUT2D eigenvalue weighted by Gasteiger charge is -2.15. The standard InChI is InChI=1S/C11H16N4O2S2/c1-18-8-6-9(14-19(2,16)17)11-13-12-10-5-3-4-7-15(10)11/h3-5,7,9,14H,6,8H2,1-2H3/t9-/m0/s1. The summed E-state index contributed by atoms with van der Waals surface area (Å²) in [6, 6.07) is 5.21. The smallest absolute Gasteiger partial charge is 0.209 e. The molecule has 0 saturated carbocycles. The highest BCUT2D eigenvalue weighted by atomic mass is 32.2. The number of nitrogens with one attached hydrogen (secondary N) is 1. The molecule has 6 nitrogen and oxygen atoms in total. The second-order valence-electron chi connectivity index (χ2n) is 4.21. The SMILES string of the molecule is CSCC[C@H](NS(C)(=O)=O)c1nnc2ccccn12. The van der Waals surface area contributed by atoms with Crippen molar-refractivity contribution >= 4 is 27.4 Å². The van der Waals surface area contributed by atoms with Gasteiger partial charge >= 0.3 is 0 Å². The summed E-state index contributed by atoms with van der Waals surface area (Å²) < 4.78 is 27.4. The average Bonchev–Trinajstić information content (AvgIpc) is 2.77. The highest BCUT2D eigenvalue weighted by Gasteiger charge is 2.21. The van der Waals surface area contributed by atoms with Crippen LogP contribution in [0.1, 0.15) is 18.3 Å². The summed E-state index contributed by atoms with van der Waals surface area (Å²) in [5.74, 6) is 1.46. The first-order valence-electron chi connectivity index (χ1n) is 5.77. The van der Waals surface area contributed by atoms with Crippen LogP contribution in [0.3, 0.4) is 0 Å². The van der Waals surface area contributed by atoms with Gasteiger partial charge in [0, 0.05) is 6.20 Å². The molecule has 0 aliphatic heterocycles. The molecule has 8 heteroatoms. The zero-order chi connectivity index (χ0) is 13.9. The van der Waals surface area contributed by atoms with Crippen molar-refractivity contribution in [1.82, 2.24) is 19.3 Å². The molecule has 0 unspecified atom stereocenters. The largest absolute Gasteiger partial charge is 0.285 e. The van der Waals surface area contributed by atoms with Gasteiger partial charge in [0.25, 0.3) is 0 Å². The Morgan fingerprint density at radius 3 is 2.89 bits per heavy atom. The van der Waals surface area contributed by atoms with Crippen LogP contribution in [0.25, 0.3) is 5.65 Å². The number of aromatic nitrogens is 3. The first-order valence-corrected chi connectivity index (χ1v) is 9.05. The lowest BCUT2D eigenvalue weighted by Crippen LogP contribution is -2.29. The van der Waals surface area contributed by atoms with E-state index in [1.54, 1.807) is 11.8 Å². The van der Waals surface area contributed by atoms with Crippen LogP contribution in [-0.4, -0.2) is 41.3 Å². The Morgan fingerprint density at radius 1 is 1.42 bits per heavy atom. The molecule has 1 atom stereocenters. The summed E-state index contributed by atoms with van der Waals surface area (Å²) in [6.07, 6.45) is 5.65. The fraction of sp³-hybridized carbons (Fsp3) is 0.455. The van der Waals surface area contributed by atoms with Crippen LogP contribution < -0.4 is 4.72 Å². The lowest BCUT2D eigenvalue weighted by molar-refractivity contribution is 0.541. The first kappa shape index (κ1) is 14.3. The second kappa shape index (κ2) is 5.89. The maximum absolute atomic E-state index is 11.5. The number of thioether (sulfide) groups is 1. The van der Waals surface area contributed by atoms with E-state index < -0.39 is 10.0 Å². The van der Waals surface area contributed by atoms with Gasteiger partial charge in [0.05, 0.1) is 12.3 Å². The highest BCUT2D eigenvalue weighted by Crippen LogP contribution is 2.18. The van der Waals surface area contributed by atoms with Crippen LogP contribution >= 0.6 is 11.8 Å². The van der Waals surface area contributed by atoms with E-state index in [-0.39, 0.29) is 6.04 Å². The molecule has 2 rings (SSSR count). The van der Waals surface area contributed by atoms with Gasteiger partial charge in [-0.05, 0) is 30.6 Å². The van der Waals surface area contributed by atoms with Crippen molar-refractivity contribution in [1.29, 1.82) is 0 Å². The van der Waals surface area contributed by atoms with Gasteiger partial charge < -0.3 is 0 Å². The van der Waals surface area contributed by atoms with Crippen molar-refractivity contribution in [3.05, 3.63) is 30.2 Å². The Bertz CT molecular complexity index is 654. The summed E-state index contributed by atoms with van der Waals surface area (Å²) in [7, 11) is -3.29. The minimum atomic E-state index is -3.29. The third-order valence-electron chi connectivity index (χ3n) is 2.62. The van der Waals surface area contributed by atoms with E-state index in [1.807, 2.05) is 35.1 Å². The lowest BCUT2D eigenvalue weighted by atomic mass is 10.2. The summed E-state index contributed by atoms with van der Waals surface area (Å²) in [5, 5.41) is 8.16. The zero-order valence-electron chi connectivity index (χ0n) is 10.8. The third-order valence-corrected chi connectivity index (χ3v) is 3.98. The second-order valence-corrected chi connectivity index (χ2v) is 6.98. The predicted molar refractivity (Wildman–Crippen MR) is 76.7 cm³/mol. The van der Waals surface area contributed by atoms with Gasteiger partial charge in [-0.1, -0.05) is 6.07 Å². The molecule has 0 aromatic carbocycles. The van der Waals surface area contributed by atoms with Crippen LogP contribution in [0.2, 0.25) is 0 Å². The van der Waals surface area contributed by atoms with Gasteiger partial charge in [0.15, 0.2) is 11.5 Å². The molecule has 0 aliphatic carbocycles. The Balaban J connectivity index is 2.36. The van der Waals surface area contributed by atoms with Crippen molar-refractivity contribution in [2.75, 3.05) is 18.3 Å². The maximum Gasteiger partial charge on any atom is 0.209 e. The van der Waals surface area contributed by atoms with Crippen molar-refractivity contribution in [2.24, 2.45) is 0 Å². The van der Waals surface area contributed by atoms with E-state index in [1.165, 1.54) is 0 Å². The van der Waals surface area contributed by atoms with Crippen LogP contribution in [0.4, 0.5) is 0 Å². The molecule has 1 N–H and O–H groups in total. The third kappa shape index (κ3) is 3.68. The molecule has 0 aliphatic rings. The number of nitrogens with zero attached hydrogens (tertiary/aromatic N) is 3. The first-order chi connectivity index (χ1) is 9.01. The quantitative estimate of drug-likeness (QED) is 0.863. The molecule has 2 aromatic heterocycles. The van der Waals surface area contributed by atoms with Crippen molar-refractivity contribution in [3.63, 3.8) is 0 Å². The van der Waals surface area contributed by atoms with E-state index in [4.69, 9.17) is 0 Å². The topological polar surface area (TPSA) is 76.4 Å². The van der Waals surface area contributed by atoms with Crippen molar-refractivity contribution in [3.8, 4) is 0 Å². The fourth-order valence-corrected chi connectivity index (χ4v) is 3.04. The summed E-state index contributed by atoms with van der Waals surface area (Å²) in [6.45, 7) is 0. The minimum absolute atomic E-state index is 0.361. The molecule has 2 aromatic rings. The van der Waals surface area contributed by atoms with Crippen LogP contribution in [0.15, 0.2) is 24.4 Å². The molecular weight excluding hydrogens is 284 g/mol.